The zero-order valence-electron chi connectivity index (χ0n) is 17.4. The SMILES string of the molecule is C/C=C(\C=C(/C(C(C)=NC=C(C)C)=C(C)C)S(=O)(=O)CC)c1ccccn1. The van der Waals surface area contributed by atoms with Crippen molar-refractivity contribution in [3.63, 3.8) is 0 Å². The van der Waals surface area contributed by atoms with E-state index in [2.05, 4.69) is 9.98 Å². The highest BCUT2D eigenvalue weighted by molar-refractivity contribution is 7.95. The predicted octanol–water partition coefficient (Wildman–Crippen LogP) is 5.52. The molecule has 1 aromatic heterocycles. The second kappa shape index (κ2) is 10.2. The van der Waals surface area contributed by atoms with Crippen molar-refractivity contribution >= 4 is 21.1 Å². The molecule has 0 radical (unpaired) electrons. The van der Waals surface area contributed by atoms with Crippen LogP contribution in [0.2, 0.25) is 0 Å². The summed E-state index contributed by atoms with van der Waals surface area (Å²) in [7, 11) is -3.47. The molecular weight excluding hydrogens is 356 g/mol. The smallest absolute Gasteiger partial charge is 0.178 e. The van der Waals surface area contributed by atoms with Crippen molar-refractivity contribution in [3.05, 3.63) is 70.1 Å². The van der Waals surface area contributed by atoms with Crippen LogP contribution in [-0.4, -0.2) is 24.9 Å². The Bertz CT molecular complexity index is 908. The van der Waals surface area contributed by atoms with Crippen molar-refractivity contribution in [1.29, 1.82) is 0 Å². The number of allylic oxidation sites excluding steroid dienone is 6. The second-order valence-electron chi connectivity index (χ2n) is 6.67. The molecule has 0 saturated carbocycles. The molecule has 0 N–H and O–H groups in total. The third kappa shape index (κ3) is 6.43. The summed E-state index contributed by atoms with van der Waals surface area (Å²) < 4.78 is 25.9. The normalized spacial score (nSPS) is 13.4. The van der Waals surface area contributed by atoms with E-state index in [0.717, 1.165) is 22.4 Å². The minimum Gasteiger partial charge on any atom is -0.261 e. The lowest BCUT2D eigenvalue weighted by molar-refractivity contribution is 0.603. The molecular formula is C22H30N2O2S. The van der Waals surface area contributed by atoms with Crippen LogP contribution in [0.25, 0.3) is 5.57 Å². The molecule has 0 aromatic carbocycles. The van der Waals surface area contributed by atoms with Gasteiger partial charge in [0.2, 0.25) is 0 Å². The Morgan fingerprint density at radius 3 is 2.26 bits per heavy atom. The van der Waals surface area contributed by atoms with Gasteiger partial charge in [-0.15, -0.1) is 0 Å². The van der Waals surface area contributed by atoms with Crippen LogP contribution in [0.5, 0.6) is 0 Å². The molecule has 0 aliphatic heterocycles. The molecule has 146 valence electrons. The summed E-state index contributed by atoms with van der Waals surface area (Å²) in [5, 5.41) is 0. The molecule has 0 aliphatic carbocycles. The van der Waals surface area contributed by atoms with Crippen LogP contribution in [0.3, 0.4) is 0 Å². The minimum atomic E-state index is -3.47. The molecule has 0 amide bonds. The standard InChI is InChI=1S/C22H30N2O2S/c1-8-19(20-12-10-11-13-23-20)14-21(27(25,26)9-2)22(17(5)6)18(7)24-15-16(3)4/h8,10-15H,9H2,1-7H3/b19-8+,21-14+,24-18?. The van der Waals surface area contributed by atoms with Crippen molar-refractivity contribution in [2.45, 2.75) is 48.5 Å². The summed E-state index contributed by atoms with van der Waals surface area (Å²) in [5.41, 5.74) is 4.78. The van der Waals surface area contributed by atoms with Crippen molar-refractivity contribution in [2.75, 3.05) is 5.75 Å². The average Bonchev–Trinajstić information content (AvgIpc) is 2.63. The number of aliphatic imine (C=N–C) groups is 1. The number of aromatic nitrogens is 1. The van der Waals surface area contributed by atoms with E-state index < -0.39 is 9.84 Å². The summed E-state index contributed by atoms with van der Waals surface area (Å²) >= 11 is 0. The van der Waals surface area contributed by atoms with E-state index in [1.807, 2.05) is 65.8 Å². The maximum absolute atomic E-state index is 13.0. The van der Waals surface area contributed by atoms with Gasteiger partial charge in [-0.25, -0.2) is 8.42 Å². The maximum atomic E-state index is 13.0. The Hall–Kier alpha value is -2.27. The number of pyridine rings is 1. The zero-order valence-corrected chi connectivity index (χ0v) is 18.2. The van der Waals surface area contributed by atoms with E-state index in [1.165, 1.54) is 0 Å². The Morgan fingerprint density at radius 1 is 1.15 bits per heavy atom. The van der Waals surface area contributed by atoms with Gasteiger partial charge in [0.05, 0.1) is 16.4 Å². The summed E-state index contributed by atoms with van der Waals surface area (Å²) in [6, 6.07) is 5.59. The van der Waals surface area contributed by atoms with Gasteiger partial charge in [-0.2, -0.15) is 0 Å². The average molecular weight is 387 g/mol. The van der Waals surface area contributed by atoms with E-state index in [0.29, 0.717) is 11.3 Å². The molecule has 0 bridgehead atoms. The lowest BCUT2D eigenvalue weighted by atomic mass is 10.0. The lowest BCUT2D eigenvalue weighted by Gasteiger charge is -2.15. The third-order valence-electron chi connectivity index (χ3n) is 3.90. The van der Waals surface area contributed by atoms with Crippen LogP contribution >= 0.6 is 0 Å². The first-order valence-corrected chi connectivity index (χ1v) is 10.7. The Kier molecular flexibility index (Phi) is 8.57. The molecule has 0 saturated heterocycles. The largest absolute Gasteiger partial charge is 0.261 e. The first-order chi connectivity index (χ1) is 12.6. The van der Waals surface area contributed by atoms with Crippen LogP contribution in [0, 0.1) is 0 Å². The van der Waals surface area contributed by atoms with Gasteiger partial charge >= 0.3 is 0 Å². The first kappa shape index (κ1) is 22.8. The van der Waals surface area contributed by atoms with E-state index >= 15 is 0 Å². The maximum Gasteiger partial charge on any atom is 0.178 e. The second-order valence-corrected chi connectivity index (χ2v) is 8.91. The third-order valence-corrected chi connectivity index (χ3v) is 5.65. The van der Waals surface area contributed by atoms with E-state index in [4.69, 9.17) is 0 Å². The monoisotopic (exact) mass is 386 g/mol. The van der Waals surface area contributed by atoms with Gasteiger partial charge in [0.1, 0.15) is 0 Å². The molecule has 0 fully saturated rings. The fourth-order valence-corrected chi connectivity index (χ4v) is 3.81. The molecule has 1 aromatic rings. The van der Waals surface area contributed by atoms with Gasteiger partial charge in [-0.05, 0) is 65.3 Å². The van der Waals surface area contributed by atoms with Crippen LogP contribution in [0.15, 0.2) is 69.4 Å². The minimum absolute atomic E-state index is 0.0186. The Labute approximate surface area is 164 Å². The summed E-state index contributed by atoms with van der Waals surface area (Å²) in [6.07, 6.45) is 7.04. The fraction of sp³-hybridized carbons (Fsp3) is 0.364. The lowest BCUT2D eigenvalue weighted by Crippen LogP contribution is -2.15. The number of nitrogens with zero attached hydrogens (tertiary/aromatic N) is 2. The highest BCUT2D eigenvalue weighted by atomic mass is 32.2. The van der Waals surface area contributed by atoms with Gasteiger partial charge in [0.15, 0.2) is 9.84 Å². The van der Waals surface area contributed by atoms with Crippen molar-refractivity contribution in [2.24, 2.45) is 4.99 Å². The highest BCUT2D eigenvalue weighted by Crippen LogP contribution is 2.27. The van der Waals surface area contributed by atoms with Crippen molar-refractivity contribution in [3.8, 4) is 0 Å². The van der Waals surface area contributed by atoms with Crippen molar-refractivity contribution in [1.82, 2.24) is 4.98 Å². The number of hydrogen-bond donors (Lipinski definition) is 0. The number of hydrogen-bond acceptors (Lipinski definition) is 4. The van der Waals surface area contributed by atoms with E-state index in [-0.39, 0.29) is 10.7 Å². The van der Waals surface area contributed by atoms with Gasteiger partial charge in [0.25, 0.3) is 0 Å². The predicted molar refractivity (Wildman–Crippen MR) is 116 cm³/mol. The van der Waals surface area contributed by atoms with Crippen LogP contribution in [-0.2, 0) is 9.84 Å². The van der Waals surface area contributed by atoms with Crippen LogP contribution in [0.4, 0.5) is 0 Å². The number of sulfone groups is 1. The Balaban J connectivity index is 3.73. The van der Waals surface area contributed by atoms with Gasteiger partial charge in [-0.3, -0.25) is 9.98 Å². The topological polar surface area (TPSA) is 59.4 Å². The summed E-state index contributed by atoms with van der Waals surface area (Å²) in [5.74, 6) is 0.0186. The van der Waals surface area contributed by atoms with E-state index in [9.17, 15) is 8.42 Å². The van der Waals surface area contributed by atoms with E-state index in [1.54, 1.807) is 25.4 Å². The Morgan fingerprint density at radius 2 is 1.81 bits per heavy atom. The fourth-order valence-electron chi connectivity index (χ4n) is 2.53. The molecule has 27 heavy (non-hydrogen) atoms. The highest BCUT2D eigenvalue weighted by Gasteiger charge is 2.23. The van der Waals surface area contributed by atoms with Gasteiger partial charge < -0.3 is 0 Å². The van der Waals surface area contributed by atoms with Crippen LogP contribution < -0.4 is 0 Å². The zero-order chi connectivity index (χ0) is 20.6. The molecule has 5 heteroatoms. The molecule has 0 unspecified atom stereocenters. The molecule has 4 nitrogen and oxygen atoms in total. The molecule has 0 atom stereocenters. The quantitative estimate of drug-likeness (QED) is 0.457. The summed E-state index contributed by atoms with van der Waals surface area (Å²) in [6.45, 7) is 13.1. The van der Waals surface area contributed by atoms with Crippen molar-refractivity contribution < 1.29 is 8.42 Å². The first-order valence-electron chi connectivity index (χ1n) is 9.02. The van der Waals surface area contributed by atoms with Gasteiger partial charge in [-0.1, -0.05) is 30.2 Å². The molecule has 1 rings (SSSR count). The summed E-state index contributed by atoms with van der Waals surface area (Å²) in [4.78, 5) is 9.12. The molecule has 1 heterocycles. The van der Waals surface area contributed by atoms with Crippen LogP contribution in [0.1, 0.15) is 54.2 Å². The molecule has 0 aliphatic rings. The molecule has 0 spiro atoms. The van der Waals surface area contributed by atoms with Gasteiger partial charge in [0, 0.05) is 23.7 Å². The number of rotatable bonds is 7.